The van der Waals surface area contributed by atoms with Crippen LogP contribution in [0.3, 0.4) is 0 Å². The molecule has 0 aromatic heterocycles. The highest BCUT2D eigenvalue weighted by atomic mass is 16.5. The molecule has 2 N–H and O–H groups in total. The van der Waals surface area contributed by atoms with Crippen molar-refractivity contribution in [3.05, 3.63) is 29.3 Å². The third kappa shape index (κ3) is 3.49. The summed E-state index contributed by atoms with van der Waals surface area (Å²) in [5, 5.41) is 18.7. The predicted molar refractivity (Wildman–Crippen MR) is 75.0 cm³/mol. The van der Waals surface area contributed by atoms with Crippen LogP contribution in [0.2, 0.25) is 0 Å². The summed E-state index contributed by atoms with van der Waals surface area (Å²) in [7, 11) is 0. The zero-order valence-corrected chi connectivity index (χ0v) is 11.9. The Morgan fingerprint density at radius 3 is 2.90 bits per heavy atom. The topological polar surface area (TPSA) is 70.0 Å². The van der Waals surface area contributed by atoms with Crippen LogP contribution in [0.5, 0.6) is 5.75 Å². The summed E-state index contributed by atoms with van der Waals surface area (Å²) >= 11 is 0. The number of aliphatic carboxylic acids is 1. The number of aryl methyl sites for hydroxylation is 2. The quantitative estimate of drug-likeness (QED) is 0.847. The summed E-state index contributed by atoms with van der Waals surface area (Å²) in [6.45, 7) is 5.30. The molecule has 0 spiro atoms. The third-order valence-electron chi connectivity index (χ3n) is 3.65. The second-order valence-electron chi connectivity index (χ2n) is 5.36. The number of β-amino-alcohol motifs (C(OH)–C–C–N with tert-alkyl or cyclic N) is 1. The number of aliphatic hydroxyl groups excluding tert-OH is 1. The van der Waals surface area contributed by atoms with Crippen molar-refractivity contribution < 1.29 is 19.7 Å². The van der Waals surface area contributed by atoms with E-state index in [0.717, 1.165) is 16.9 Å². The second-order valence-corrected chi connectivity index (χ2v) is 5.36. The third-order valence-corrected chi connectivity index (χ3v) is 3.65. The van der Waals surface area contributed by atoms with E-state index in [2.05, 4.69) is 0 Å². The maximum atomic E-state index is 11.1. The van der Waals surface area contributed by atoms with Crippen LogP contribution in [0, 0.1) is 13.8 Å². The van der Waals surface area contributed by atoms with Crippen molar-refractivity contribution in [3.63, 3.8) is 0 Å². The van der Waals surface area contributed by atoms with E-state index in [0.29, 0.717) is 26.1 Å². The Morgan fingerprint density at radius 2 is 2.20 bits per heavy atom. The molecule has 1 aromatic carbocycles. The van der Waals surface area contributed by atoms with Gasteiger partial charge in [-0.3, -0.25) is 9.69 Å². The minimum Gasteiger partial charge on any atom is -0.492 e. The van der Waals surface area contributed by atoms with Crippen molar-refractivity contribution in [1.29, 1.82) is 0 Å². The van der Waals surface area contributed by atoms with Gasteiger partial charge in [0.1, 0.15) is 18.4 Å². The van der Waals surface area contributed by atoms with Crippen molar-refractivity contribution in [2.45, 2.75) is 32.4 Å². The zero-order chi connectivity index (χ0) is 14.7. The normalized spacial score (nSPS) is 22.9. The summed E-state index contributed by atoms with van der Waals surface area (Å²) in [6, 6.07) is 5.40. The Kier molecular flexibility index (Phi) is 4.62. The van der Waals surface area contributed by atoms with Gasteiger partial charge in [-0.1, -0.05) is 12.1 Å². The van der Waals surface area contributed by atoms with Crippen molar-refractivity contribution in [3.8, 4) is 5.75 Å². The summed E-state index contributed by atoms with van der Waals surface area (Å²) in [6.07, 6.45) is -0.268. The number of rotatable bonds is 5. The summed E-state index contributed by atoms with van der Waals surface area (Å²) < 4.78 is 5.73. The van der Waals surface area contributed by atoms with Crippen LogP contribution in [0.1, 0.15) is 17.5 Å². The maximum Gasteiger partial charge on any atom is 0.321 e. The SMILES string of the molecule is Cc1ccc(C)c(OCCN2CC(O)CC2C(=O)O)c1. The Balaban J connectivity index is 1.89. The summed E-state index contributed by atoms with van der Waals surface area (Å²) in [4.78, 5) is 12.9. The molecular weight excluding hydrogens is 258 g/mol. The van der Waals surface area contributed by atoms with E-state index >= 15 is 0 Å². The van der Waals surface area contributed by atoms with E-state index in [1.165, 1.54) is 0 Å². The molecule has 2 unspecified atom stereocenters. The van der Waals surface area contributed by atoms with Gasteiger partial charge in [0.05, 0.1) is 6.10 Å². The molecule has 1 saturated heterocycles. The number of aliphatic hydroxyl groups is 1. The lowest BCUT2D eigenvalue weighted by Crippen LogP contribution is -2.38. The van der Waals surface area contributed by atoms with Crippen molar-refractivity contribution in [2.24, 2.45) is 0 Å². The van der Waals surface area contributed by atoms with Crippen LogP contribution in [-0.2, 0) is 4.79 Å². The Bertz CT molecular complexity index is 489. The van der Waals surface area contributed by atoms with Crippen LogP contribution in [0.15, 0.2) is 18.2 Å². The molecule has 1 fully saturated rings. The number of carboxylic acid groups (broad SMARTS) is 1. The first-order chi connectivity index (χ1) is 9.47. The molecule has 2 atom stereocenters. The van der Waals surface area contributed by atoms with Gasteiger partial charge in [-0.05, 0) is 31.0 Å². The van der Waals surface area contributed by atoms with E-state index in [4.69, 9.17) is 9.84 Å². The van der Waals surface area contributed by atoms with E-state index in [9.17, 15) is 9.90 Å². The standard InChI is InChI=1S/C15H21NO4/c1-10-3-4-11(2)14(7-10)20-6-5-16-9-12(17)8-13(16)15(18)19/h3-4,7,12-13,17H,5-6,8-9H2,1-2H3,(H,18,19). The molecule has 1 aliphatic heterocycles. The number of ether oxygens (including phenoxy) is 1. The molecule has 5 heteroatoms. The Labute approximate surface area is 118 Å². The van der Waals surface area contributed by atoms with E-state index in [-0.39, 0.29) is 0 Å². The van der Waals surface area contributed by atoms with Gasteiger partial charge in [-0.2, -0.15) is 0 Å². The fourth-order valence-corrected chi connectivity index (χ4v) is 2.52. The van der Waals surface area contributed by atoms with E-state index in [1.54, 1.807) is 4.90 Å². The number of nitrogens with zero attached hydrogens (tertiary/aromatic N) is 1. The summed E-state index contributed by atoms with van der Waals surface area (Å²) in [5.74, 6) is -0.0510. The number of benzene rings is 1. The van der Waals surface area contributed by atoms with Crippen LogP contribution < -0.4 is 4.74 Å². The first-order valence-corrected chi connectivity index (χ1v) is 6.82. The van der Waals surface area contributed by atoms with E-state index in [1.807, 2.05) is 32.0 Å². The van der Waals surface area contributed by atoms with Gasteiger partial charge >= 0.3 is 5.97 Å². The molecule has 0 saturated carbocycles. The average Bonchev–Trinajstić information content (AvgIpc) is 2.75. The molecule has 5 nitrogen and oxygen atoms in total. The lowest BCUT2D eigenvalue weighted by atomic mass is 10.1. The number of likely N-dealkylation sites (tertiary alicyclic amines) is 1. The molecule has 110 valence electrons. The number of hydrogen-bond donors (Lipinski definition) is 2. The molecule has 0 radical (unpaired) electrons. The number of carboxylic acids is 1. The Morgan fingerprint density at radius 1 is 1.45 bits per heavy atom. The largest absolute Gasteiger partial charge is 0.492 e. The highest BCUT2D eigenvalue weighted by molar-refractivity contribution is 5.74. The van der Waals surface area contributed by atoms with Gasteiger partial charge in [0.2, 0.25) is 0 Å². The second kappa shape index (κ2) is 6.24. The fourth-order valence-electron chi connectivity index (χ4n) is 2.52. The highest BCUT2D eigenvalue weighted by Gasteiger charge is 2.35. The number of hydrogen-bond acceptors (Lipinski definition) is 4. The molecule has 0 aliphatic carbocycles. The van der Waals surface area contributed by atoms with Gasteiger partial charge in [0, 0.05) is 19.5 Å². The molecule has 1 aromatic rings. The Hall–Kier alpha value is -1.59. The molecule has 0 amide bonds. The molecular formula is C15H21NO4. The van der Waals surface area contributed by atoms with Gasteiger partial charge in [-0.25, -0.2) is 0 Å². The smallest absolute Gasteiger partial charge is 0.321 e. The van der Waals surface area contributed by atoms with Crippen LogP contribution >= 0.6 is 0 Å². The minimum atomic E-state index is -0.881. The van der Waals surface area contributed by atoms with Gasteiger partial charge < -0.3 is 14.9 Å². The average molecular weight is 279 g/mol. The molecule has 0 bridgehead atoms. The van der Waals surface area contributed by atoms with Crippen LogP contribution in [0.4, 0.5) is 0 Å². The summed E-state index contributed by atoms with van der Waals surface area (Å²) in [5.41, 5.74) is 2.19. The van der Waals surface area contributed by atoms with Gasteiger partial charge in [0.25, 0.3) is 0 Å². The van der Waals surface area contributed by atoms with Crippen molar-refractivity contribution in [1.82, 2.24) is 4.90 Å². The molecule has 1 heterocycles. The molecule has 20 heavy (non-hydrogen) atoms. The van der Waals surface area contributed by atoms with Gasteiger partial charge in [0.15, 0.2) is 0 Å². The lowest BCUT2D eigenvalue weighted by molar-refractivity contribution is -0.142. The van der Waals surface area contributed by atoms with E-state index < -0.39 is 18.1 Å². The van der Waals surface area contributed by atoms with Crippen molar-refractivity contribution in [2.75, 3.05) is 19.7 Å². The monoisotopic (exact) mass is 279 g/mol. The molecule has 1 aliphatic rings. The lowest BCUT2D eigenvalue weighted by Gasteiger charge is -2.21. The first-order valence-electron chi connectivity index (χ1n) is 6.82. The van der Waals surface area contributed by atoms with Crippen LogP contribution in [-0.4, -0.2) is 52.9 Å². The van der Waals surface area contributed by atoms with Gasteiger partial charge in [-0.15, -0.1) is 0 Å². The zero-order valence-electron chi connectivity index (χ0n) is 11.9. The molecule has 2 rings (SSSR count). The van der Waals surface area contributed by atoms with Crippen LogP contribution in [0.25, 0.3) is 0 Å². The predicted octanol–water partition coefficient (Wildman–Crippen LogP) is 1.20. The first kappa shape index (κ1) is 14.8. The fraction of sp³-hybridized carbons (Fsp3) is 0.533. The maximum absolute atomic E-state index is 11.1. The minimum absolute atomic E-state index is 0.290. The highest BCUT2D eigenvalue weighted by Crippen LogP contribution is 2.20. The van der Waals surface area contributed by atoms with Crippen molar-refractivity contribution >= 4 is 5.97 Å². The number of carbonyl (C=O) groups is 1.